The molecule has 1 amide bonds. The van der Waals surface area contributed by atoms with Crippen molar-refractivity contribution in [3.63, 3.8) is 0 Å². The Labute approximate surface area is 194 Å². The first kappa shape index (κ1) is 22.9. The zero-order chi connectivity index (χ0) is 24.6. The number of hydrogen-bond donors (Lipinski definition) is 3. The lowest BCUT2D eigenvalue weighted by Crippen LogP contribution is -2.49. The molecule has 176 valence electrons. The van der Waals surface area contributed by atoms with Crippen LogP contribution < -0.4 is 20.8 Å². The number of aromatic hydroxyl groups is 1. The fraction of sp³-hybridized carbons (Fsp3) is 0.240. The van der Waals surface area contributed by atoms with Gasteiger partial charge in [-0.3, -0.25) is 4.79 Å². The highest BCUT2D eigenvalue weighted by atomic mass is 16.5. The molecule has 0 saturated heterocycles. The maximum atomic E-state index is 12.8. The molecule has 2 aromatic carbocycles. The number of carbonyl (C=O) groups excluding carboxylic acids is 2. The highest BCUT2D eigenvalue weighted by Crippen LogP contribution is 2.31. The lowest BCUT2D eigenvalue weighted by Gasteiger charge is -2.20. The van der Waals surface area contributed by atoms with Crippen molar-refractivity contribution < 1.29 is 29.0 Å². The molecular formula is C25H23N2O7-. The van der Waals surface area contributed by atoms with Crippen LogP contribution in [0.3, 0.4) is 0 Å². The Morgan fingerprint density at radius 3 is 2.71 bits per heavy atom. The van der Waals surface area contributed by atoms with E-state index in [-0.39, 0.29) is 24.2 Å². The SMILES string of the molecule is COc1cc(C)cc2oc(=O)c(CC(=O)N[C@H](Cc3c[nH]c4ccc(O)cc34)C(=O)[O-])c(C)c12. The summed E-state index contributed by atoms with van der Waals surface area (Å²) < 4.78 is 10.8. The summed E-state index contributed by atoms with van der Waals surface area (Å²) in [5.41, 5.74) is 2.45. The molecule has 9 heteroatoms. The van der Waals surface area contributed by atoms with Crippen LogP contribution in [0.2, 0.25) is 0 Å². The van der Waals surface area contributed by atoms with Crippen molar-refractivity contribution in [3.8, 4) is 11.5 Å². The van der Waals surface area contributed by atoms with Gasteiger partial charge >= 0.3 is 5.63 Å². The van der Waals surface area contributed by atoms with E-state index in [4.69, 9.17) is 9.15 Å². The van der Waals surface area contributed by atoms with E-state index in [0.29, 0.717) is 38.7 Å². The molecule has 0 aliphatic rings. The summed E-state index contributed by atoms with van der Waals surface area (Å²) in [6, 6.07) is 6.84. The highest BCUT2D eigenvalue weighted by molar-refractivity contribution is 5.91. The number of carboxylic acid groups (broad SMARTS) is 1. The molecule has 1 atom stereocenters. The van der Waals surface area contributed by atoms with Crippen LogP contribution >= 0.6 is 0 Å². The number of benzene rings is 2. The lowest BCUT2D eigenvalue weighted by atomic mass is 10.0. The first-order chi connectivity index (χ1) is 16.2. The predicted octanol–water partition coefficient (Wildman–Crippen LogP) is 1.63. The minimum absolute atomic E-state index is 0.0338. The molecular weight excluding hydrogens is 440 g/mol. The maximum Gasteiger partial charge on any atom is 0.340 e. The van der Waals surface area contributed by atoms with Crippen LogP contribution in [0.15, 0.2) is 45.7 Å². The fourth-order valence-electron chi connectivity index (χ4n) is 4.16. The van der Waals surface area contributed by atoms with Crippen LogP contribution in [0.5, 0.6) is 11.5 Å². The summed E-state index contributed by atoms with van der Waals surface area (Å²) in [4.78, 5) is 40.1. The number of aromatic amines is 1. The van der Waals surface area contributed by atoms with Crippen molar-refractivity contribution >= 4 is 33.7 Å². The smallest absolute Gasteiger partial charge is 0.340 e. The molecule has 0 spiro atoms. The number of hydrogen-bond acceptors (Lipinski definition) is 7. The Morgan fingerprint density at radius 1 is 1.24 bits per heavy atom. The number of amides is 1. The topological polar surface area (TPSA) is 145 Å². The molecule has 0 saturated carbocycles. The molecule has 0 unspecified atom stereocenters. The number of aromatic nitrogens is 1. The van der Waals surface area contributed by atoms with E-state index in [1.165, 1.54) is 19.2 Å². The van der Waals surface area contributed by atoms with Gasteiger partial charge in [0.2, 0.25) is 5.91 Å². The first-order valence-electron chi connectivity index (χ1n) is 10.6. The van der Waals surface area contributed by atoms with Crippen LogP contribution in [0.4, 0.5) is 0 Å². The third-order valence-corrected chi connectivity index (χ3v) is 5.84. The zero-order valence-corrected chi connectivity index (χ0v) is 18.9. The molecule has 9 nitrogen and oxygen atoms in total. The second kappa shape index (κ2) is 8.93. The van der Waals surface area contributed by atoms with Crippen LogP contribution in [0.25, 0.3) is 21.9 Å². The number of aliphatic carboxylic acids is 1. The Bertz CT molecular complexity index is 1480. The Balaban J connectivity index is 1.60. The number of carboxylic acids is 1. The Hall–Kier alpha value is -4.27. The molecule has 0 aliphatic heterocycles. The van der Waals surface area contributed by atoms with Gasteiger partial charge in [-0.05, 0) is 60.9 Å². The number of nitrogens with one attached hydrogen (secondary N) is 2. The van der Waals surface area contributed by atoms with Gasteiger partial charge in [0.15, 0.2) is 0 Å². The minimum atomic E-state index is -1.47. The molecule has 4 aromatic rings. The summed E-state index contributed by atoms with van der Waals surface area (Å²) in [7, 11) is 1.50. The Morgan fingerprint density at radius 2 is 2.00 bits per heavy atom. The monoisotopic (exact) mass is 463 g/mol. The Kier molecular flexibility index (Phi) is 6.02. The predicted molar refractivity (Wildman–Crippen MR) is 123 cm³/mol. The van der Waals surface area contributed by atoms with Crippen molar-refractivity contribution in [2.45, 2.75) is 32.7 Å². The van der Waals surface area contributed by atoms with Gasteiger partial charge in [0.1, 0.15) is 17.1 Å². The van der Waals surface area contributed by atoms with Gasteiger partial charge in [-0.2, -0.15) is 0 Å². The first-order valence-corrected chi connectivity index (χ1v) is 10.6. The van der Waals surface area contributed by atoms with Gasteiger partial charge in [0.25, 0.3) is 0 Å². The largest absolute Gasteiger partial charge is 0.548 e. The third-order valence-electron chi connectivity index (χ3n) is 5.84. The number of ether oxygens (including phenoxy) is 1. The highest BCUT2D eigenvalue weighted by Gasteiger charge is 2.21. The van der Waals surface area contributed by atoms with Crippen molar-refractivity contribution in [1.29, 1.82) is 0 Å². The van der Waals surface area contributed by atoms with Crippen LogP contribution in [0.1, 0.15) is 22.3 Å². The lowest BCUT2D eigenvalue weighted by molar-refractivity contribution is -0.308. The van der Waals surface area contributed by atoms with Crippen molar-refractivity contribution in [1.82, 2.24) is 10.3 Å². The third kappa shape index (κ3) is 4.32. The molecule has 2 heterocycles. The molecule has 0 aliphatic carbocycles. The van der Waals surface area contributed by atoms with Crippen molar-refractivity contribution in [2.75, 3.05) is 7.11 Å². The molecule has 2 aromatic heterocycles. The number of methoxy groups -OCH3 is 1. The summed E-state index contributed by atoms with van der Waals surface area (Å²) in [6.45, 7) is 3.53. The van der Waals surface area contributed by atoms with Crippen LogP contribution in [-0.4, -0.2) is 35.1 Å². The van der Waals surface area contributed by atoms with Crippen LogP contribution in [0, 0.1) is 13.8 Å². The molecule has 4 rings (SSSR count). The second-order valence-corrected chi connectivity index (χ2v) is 8.20. The number of aryl methyl sites for hydroxylation is 2. The fourth-order valence-corrected chi connectivity index (χ4v) is 4.16. The second-order valence-electron chi connectivity index (χ2n) is 8.20. The average molecular weight is 463 g/mol. The van der Waals surface area contributed by atoms with Gasteiger partial charge < -0.3 is 34.5 Å². The number of fused-ring (bicyclic) bond motifs is 2. The van der Waals surface area contributed by atoms with Gasteiger partial charge in [0, 0.05) is 23.5 Å². The summed E-state index contributed by atoms with van der Waals surface area (Å²) in [5, 5.41) is 25.1. The number of phenols is 1. The van der Waals surface area contributed by atoms with E-state index in [9.17, 15) is 24.6 Å². The van der Waals surface area contributed by atoms with Crippen molar-refractivity contribution in [2.24, 2.45) is 0 Å². The standard InChI is InChI=1S/C25H24N2O7/c1-12-6-20(33-3)23-13(2)16(25(32)34-21(23)7-12)10-22(29)27-19(24(30)31)8-14-11-26-18-5-4-15(28)9-17(14)18/h4-7,9,11,19,26,28H,8,10H2,1-3H3,(H,27,29)(H,30,31)/p-1/t19-/m1/s1. The normalized spacial score (nSPS) is 12.1. The summed E-state index contributed by atoms with van der Waals surface area (Å²) in [6.07, 6.45) is 1.16. The molecule has 0 radical (unpaired) electrons. The van der Waals surface area contributed by atoms with Gasteiger partial charge in [-0.15, -0.1) is 0 Å². The molecule has 3 N–H and O–H groups in total. The maximum absolute atomic E-state index is 12.8. The van der Waals surface area contributed by atoms with Gasteiger partial charge in [0.05, 0.1) is 36.5 Å². The number of rotatable bonds is 7. The van der Waals surface area contributed by atoms with Gasteiger partial charge in [-0.25, -0.2) is 4.79 Å². The van der Waals surface area contributed by atoms with E-state index in [1.54, 1.807) is 31.3 Å². The van der Waals surface area contributed by atoms with Gasteiger partial charge in [-0.1, -0.05) is 0 Å². The van der Waals surface area contributed by atoms with E-state index < -0.39 is 23.5 Å². The van der Waals surface area contributed by atoms with E-state index in [1.807, 2.05) is 6.92 Å². The van der Waals surface area contributed by atoms with Crippen LogP contribution in [-0.2, 0) is 22.4 Å². The molecule has 0 bridgehead atoms. The average Bonchev–Trinajstić information content (AvgIpc) is 3.17. The zero-order valence-electron chi connectivity index (χ0n) is 18.9. The summed E-state index contributed by atoms with van der Waals surface area (Å²) in [5.74, 6) is -1.60. The molecule has 34 heavy (non-hydrogen) atoms. The number of carbonyl (C=O) groups is 2. The number of H-pyrrole nitrogens is 1. The number of phenolic OH excluding ortho intramolecular Hbond substituents is 1. The van der Waals surface area contributed by atoms with Crippen molar-refractivity contribution in [3.05, 3.63) is 69.2 Å². The minimum Gasteiger partial charge on any atom is -0.548 e. The molecule has 0 fully saturated rings. The quantitative estimate of drug-likeness (QED) is 0.353. The summed E-state index contributed by atoms with van der Waals surface area (Å²) >= 11 is 0. The van der Waals surface area contributed by atoms with E-state index in [2.05, 4.69) is 10.3 Å². The van der Waals surface area contributed by atoms with E-state index >= 15 is 0 Å². The van der Waals surface area contributed by atoms with E-state index in [0.717, 1.165) is 5.56 Å².